The van der Waals surface area contributed by atoms with Gasteiger partial charge in [-0.2, -0.15) is 21.0 Å². The summed E-state index contributed by atoms with van der Waals surface area (Å²) < 4.78 is 12.6. The molecule has 0 atom stereocenters. The van der Waals surface area contributed by atoms with Gasteiger partial charge in [0.25, 0.3) is 0 Å². The SMILES string of the molecule is N#Cc1cc(C#N)cc([P+](=O)c2cc(C#N)cc(C#N)c2)c1. The molecule has 0 fully saturated rings. The minimum Gasteiger partial charge on any atom is -0.192 e. The molecule has 100 valence electrons. The molecule has 0 aliphatic rings. The van der Waals surface area contributed by atoms with Crippen LogP contribution in [-0.2, 0) is 4.57 Å². The van der Waals surface area contributed by atoms with Gasteiger partial charge in [-0.3, -0.25) is 0 Å². The van der Waals surface area contributed by atoms with E-state index in [9.17, 15) is 4.57 Å². The van der Waals surface area contributed by atoms with Gasteiger partial charge in [-0.25, -0.2) is 0 Å². The molecule has 0 aliphatic heterocycles. The van der Waals surface area contributed by atoms with Crippen molar-refractivity contribution < 1.29 is 4.57 Å². The third kappa shape index (κ3) is 2.98. The van der Waals surface area contributed by atoms with E-state index in [0.717, 1.165) is 0 Å². The van der Waals surface area contributed by atoms with E-state index >= 15 is 0 Å². The Kier molecular flexibility index (Phi) is 4.27. The Bertz CT molecular complexity index is 810. The first-order valence-corrected chi connectivity index (χ1v) is 7.25. The monoisotopic (exact) mass is 301 g/mol. The van der Waals surface area contributed by atoms with E-state index in [0.29, 0.717) is 10.6 Å². The second-order valence-corrected chi connectivity index (χ2v) is 5.90. The fourth-order valence-electron chi connectivity index (χ4n) is 1.86. The molecule has 0 bridgehead atoms. The molecule has 0 unspecified atom stereocenters. The lowest BCUT2D eigenvalue weighted by Crippen LogP contribution is -2.09. The topological polar surface area (TPSA) is 112 Å². The van der Waals surface area contributed by atoms with Gasteiger partial charge in [0, 0.05) is 24.3 Å². The highest BCUT2D eigenvalue weighted by Crippen LogP contribution is 2.22. The first-order chi connectivity index (χ1) is 10.6. The highest BCUT2D eigenvalue weighted by Gasteiger charge is 2.26. The molecule has 6 heteroatoms. The molecule has 2 aromatic rings. The Hall–Kier alpha value is -3.50. The number of hydrogen-bond acceptors (Lipinski definition) is 5. The van der Waals surface area contributed by atoms with Crippen LogP contribution in [0.2, 0.25) is 0 Å². The van der Waals surface area contributed by atoms with Crippen molar-refractivity contribution in [2.75, 3.05) is 0 Å². The highest BCUT2D eigenvalue weighted by molar-refractivity contribution is 7.61. The van der Waals surface area contributed by atoms with Crippen molar-refractivity contribution >= 4 is 18.4 Å². The Balaban J connectivity index is 2.59. The Morgan fingerprint density at radius 3 is 1.09 bits per heavy atom. The minimum atomic E-state index is -2.11. The van der Waals surface area contributed by atoms with Gasteiger partial charge in [0.05, 0.1) is 46.5 Å². The second-order valence-electron chi connectivity index (χ2n) is 4.28. The lowest BCUT2D eigenvalue weighted by atomic mass is 10.1. The molecule has 22 heavy (non-hydrogen) atoms. The van der Waals surface area contributed by atoms with Gasteiger partial charge in [0.2, 0.25) is 0 Å². The van der Waals surface area contributed by atoms with Crippen molar-refractivity contribution in [3.63, 3.8) is 0 Å². The maximum Gasteiger partial charge on any atom is 0.415 e. The Labute approximate surface area is 127 Å². The lowest BCUT2D eigenvalue weighted by Gasteiger charge is -1.95. The molecular weight excluding hydrogens is 295 g/mol. The van der Waals surface area contributed by atoms with Gasteiger partial charge >= 0.3 is 7.80 Å². The van der Waals surface area contributed by atoms with Crippen LogP contribution in [0.5, 0.6) is 0 Å². The van der Waals surface area contributed by atoms with Crippen LogP contribution < -0.4 is 10.6 Å². The van der Waals surface area contributed by atoms with Crippen LogP contribution in [-0.4, -0.2) is 0 Å². The van der Waals surface area contributed by atoms with E-state index in [-0.39, 0.29) is 22.3 Å². The Morgan fingerprint density at radius 1 is 0.591 bits per heavy atom. The van der Waals surface area contributed by atoms with Gasteiger partial charge in [0.1, 0.15) is 0 Å². The average Bonchev–Trinajstić information content (AvgIpc) is 2.59. The summed E-state index contributed by atoms with van der Waals surface area (Å²) in [5, 5.41) is 36.5. The number of nitrogens with zero attached hydrogens (tertiary/aromatic N) is 4. The zero-order valence-corrected chi connectivity index (χ0v) is 12.0. The summed E-state index contributed by atoms with van der Waals surface area (Å²) in [4.78, 5) is 0. The zero-order chi connectivity index (χ0) is 16.1. The molecule has 0 aliphatic carbocycles. The normalized spacial score (nSPS) is 8.91. The minimum absolute atomic E-state index is 0.231. The van der Waals surface area contributed by atoms with Gasteiger partial charge in [-0.15, -0.1) is 0 Å². The summed E-state index contributed by atoms with van der Waals surface area (Å²) in [5.74, 6) is 0. The van der Waals surface area contributed by atoms with Gasteiger partial charge < -0.3 is 0 Å². The molecule has 5 nitrogen and oxygen atoms in total. The molecule has 0 amide bonds. The van der Waals surface area contributed by atoms with Crippen molar-refractivity contribution in [1.29, 1.82) is 21.0 Å². The van der Waals surface area contributed by atoms with Crippen LogP contribution in [0.25, 0.3) is 0 Å². The molecule has 0 saturated heterocycles. The van der Waals surface area contributed by atoms with E-state index in [1.807, 2.05) is 24.3 Å². The number of rotatable bonds is 2. The zero-order valence-electron chi connectivity index (χ0n) is 11.1. The molecule has 2 rings (SSSR count). The van der Waals surface area contributed by atoms with Gasteiger partial charge in [0.15, 0.2) is 10.6 Å². The lowest BCUT2D eigenvalue weighted by molar-refractivity contribution is 0.598. The van der Waals surface area contributed by atoms with E-state index in [1.165, 1.54) is 36.4 Å². The predicted molar refractivity (Wildman–Crippen MR) is 78.6 cm³/mol. The number of hydrogen-bond donors (Lipinski definition) is 0. The molecule has 0 heterocycles. The van der Waals surface area contributed by atoms with Crippen molar-refractivity contribution in [3.8, 4) is 24.3 Å². The van der Waals surface area contributed by atoms with Crippen LogP contribution in [0.1, 0.15) is 22.3 Å². The predicted octanol–water partition coefficient (Wildman–Crippen LogP) is 1.95. The molecule has 0 saturated carbocycles. The first kappa shape index (κ1) is 14.9. The fourth-order valence-corrected chi connectivity index (χ4v) is 3.19. The van der Waals surface area contributed by atoms with Crippen molar-refractivity contribution in [1.82, 2.24) is 0 Å². The van der Waals surface area contributed by atoms with E-state index < -0.39 is 7.80 Å². The summed E-state index contributed by atoms with van der Waals surface area (Å²) >= 11 is 0. The second kappa shape index (κ2) is 6.30. The third-order valence-electron chi connectivity index (χ3n) is 2.82. The van der Waals surface area contributed by atoms with E-state index in [2.05, 4.69) is 0 Å². The van der Waals surface area contributed by atoms with Gasteiger partial charge in [-0.05, 0) is 12.1 Å². The van der Waals surface area contributed by atoms with E-state index in [4.69, 9.17) is 21.0 Å². The molecule has 0 spiro atoms. The summed E-state index contributed by atoms with van der Waals surface area (Å²) in [6.07, 6.45) is 0. The number of nitriles is 4. The van der Waals surface area contributed by atoms with Crippen LogP contribution in [0.15, 0.2) is 36.4 Å². The van der Waals surface area contributed by atoms with Crippen molar-refractivity contribution in [2.45, 2.75) is 0 Å². The largest absolute Gasteiger partial charge is 0.415 e. The fraction of sp³-hybridized carbons (Fsp3) is 0. The molecule has 0 radical (unpaired) electrons. The third-order valence-corrected chi connectivity index (χ3v) is 4.28. The van der Waals surface area contributed by atoms with Gasteiger partial charge in [-0.1, -0.05) is 4.57 Å². The maximum atomic E-state index is 12.6. The van der Waals surface area contributed by atoms with Crippen molar-refractivity contribution in [3.05, 3.63) is 58.7 Å². The number of benzene rings is 2. The maximum absolute atomic E-state index is 12.6. The Morgan fingerprint density at radius 2 is 0.864 bits per heavy atom. The first-order valence-electron chi connectivity index (χ1n) is 5.99. The summed E-state index contributed by atoms with van der Waals surface area (Å²) in [6, 6.07) is 16.2. The average molecular weight is 301 g/mol. The highest BCUT2D eigenvalue weighted by atomic mass is 31.1. The summed E-state index contributed by atoms with van der Waals surface area (Å²) in [5.41, 5.74) is 0.923. The van der Waals surface area contributed by atoms with Crippen LogP contribution in [0.3, 0.4) is 0 Å². The quantitative estimate of drug-likeness (QED) is 0.787. The van der Waals surface area contributed by atoms with Crippen molar-refractivity contribution in [2.24, 2.45) is 0 Å². The van der Waals surface area contributed by atoms with Crippen LogP contribution >= 0.6 is 7.80 Å². The van der Waals surface area contributed by atoms with E-state index in [1.54, 1.807) is 0 Å². The molecule has 2 aromatic carbocycles. The van der Waals surface area contributed by atoms with Crippen LogP contribution in [0.4, 0.5) is 0 Å². The standard InChI is InChI=1S/C16H6N4OP/c17-7-11-1-12(8-18)4-15(3-11)22(21)16-5-13(9-19)2-14(6-16)10-20/h1-6H/q+1. The smallest absolute Gasteiger partial charge is 0.192 e. The molecular formula is C16H6N4OP+. The summed E-state index contributed by atoms with van der Waals surface area (Å²) in [7, 11) is -2.11. The molecule has 0 N–H and O–H groups in total. The summed E-state index contributed by atoms with van der Waals surface area (Å²) in [6.45, 7) is 0. The van der Waals surface area contributed by atoms with Crippen LogP contribution in [0, 0.1) is 45.3 Å². The molecule has 0 aromatic heterocycles.